The lowest BCUT2D eigenvalue weighted by Crippen LogP contribution is -2.39. The minimum atomic E-state index is 0.131. The van der Waals surface area contributed by atoms with Crippen LogP contribution in [0.2, 0.25) is 0 Å². The monoisotopic (exact) mass is 203 g/mol. The summed E-state index contributed by atoms with van der Waals surface area (Å²) in [7, 11) is 0. The number of thioether (sulfide) groups is 1. The SMILES string of the molecule is CCCCC(N)(CC)CCCSC. The highest BCUT2D eigenvalue weighted by molar-refractivity contribution is 7.98. The van der Waals surface area contributed by atoms with E-state index in [1.807, 2.05) is 11.8 Å². The van der Waals surface area contributed by atoms with E-state index in [0.717, 1.165) is 6.42 Å². The van der Waals surface area contributed by atoms with Gasteiger partial charge >= 0.3 is 0 Å². The second-order valence-corrected chi connectivity index (χ2v) is 4.90. The molecule has 0 heterocycles. The van der Waals surface area contributed by atoms with Crippen LogP contribution < -0.4 is 5.73 Å². The van der Waals surface area contributed by atoms with Crippen molar-refractivity contribution < 1.29 is 0 Å². The lowest BCUT2D eigenvalue weighted by molar-refractivity contribution is 0.340. The van der Waals surface area contributed by atoms with Gasteiger partial charge in [-0.3, -0.25) is 0 Å². The van der Waals surface area contributed by atoms with Gasteiger partial charge in [0, 0.05) is 5.54 Å². The fraction of sp³-hybridized carbons (Fsp3) is 1.00. The van der Waals surface area contributed by atoms with Crippen molar-refractivity contribution in [2.24, 2.45) is 5.73 Å². The summed E-state index contributed by atoms with van der Waals surface area (Å²) in [5, 5.41) is 0. The maximum atomic E-state index is 6.31. The maximum Gasteiger partial charge on any atom is 0.0152 e. The van der Waals surface area contributed by atoms with Crippen LogP contribution in [0.3, 0.4) is 0 Å². The summed E-state index contributed by atoms with van der Waals surface area (Å²) in [6.45, 7) is 4.45. The number of hydrogen-bond donors (Lipinski definition) is 1. The largest absolute Gasteiger partial charge is 0.325 e. The van der Waals surface area contributed by atoms with E-state index in [1.54, 1.807) is 0 Å². The van der Waals surface area contributed by atoms with Gasteiger partial charge in [-0.2, -0.15) is 11.8 Å². The molecule has 0 saturated heterocycles. The molecule has 0 rings (SSSR count). The van der Waals surface area contributed by atoms with E-state index in [4.69, 9.17) is 5.73 Å². The lowest BCUT2D eigenvalue weighted by atomic mass is 9.87. The van der Waals surface area contributed by atoms with Crippen molar-refractivity contribution >= 4 is 11.8 Å². The Morgan fingerprint density at radius 1 is 1.15 bits per heavy atom. The summed E-state index contributed by atoms with van der Waals surface area (Å²) in [5.41, 5.74) is 6.45. The van der Waals surface area contributed by atoms with Crippen molar-refractivity contribution in [3.8, 4) is 0 Å². The topological polar surface area (TPSA) is 26.0 Å². The number of nitrogens with two attached hydrogens (primary N) is 1. The zero-order chi connectivity index (χ0) is 10.2. The van der Waals surface area contributed by atoms with Crippen molar-refractivity contribution in [1.29, 1.82) is 0 Å². The third-order valence-electron chi connectivity index (χ3n) is 2.76. The molecule has 1 atom stereocenters. The second kappa shape index (κ2) is 7.69. The predicted octanol–water partition coefficient (Wildman–Crippen LogP) is 3.43. The van der Waals surface area contributed by atoms with Crippen LogP contribution in [0.4, 0.5) is 0 Å². The Morgan fingerprint density at radius 2 is 1.77 bits per heavy atom. The molecule has 0 spiro atoms. The van der Waals surface area contributed by atoms with Crippen molar-refractivity contribution in [3.05, 3.63) is 0 Å². The van der Waals surface area contributed by atoms with Gasteiger partial charge < -0.3 is 5.73 Å². The first-order valence-electron chi connectivity index (χ1n) is 5.46. The molecule has 0 aromatic carbocycles. The highest BCUT2D eigenvalue weighted by atomic mass is 32.2. The Hall–Kier alpha value is 0.310. The van der Waals surface area contributed by atoms with Gasteiger partial charge in [0.15, 0.2) is 0 Å². The third kappa shape index (κ3) is 6.39. The predicted molar refractivity (Wildman–Crippen MR) is 64.4 cm³/mol. The minimum absolute atomic E-state index is 0.131. The Kier molecular flexibility index (Phi) is 7.87. The van der Waals surface area contributed by atoms with Gasteiger partial charge in [0.1, 0.15) is 0 Å². The molecule has 0 aliphatic rings. The van der Waals surface area contributed by atoms with E-state index in [1.165, 1.54) is 37.9 Å². The van der Waals surface area contributed by atoms with E-state index >= 15 is 0 Å². The summed E-state index contributed by atoms with van der Waals surface area (Å²) in [6.07, 6.45) is 9.51. The zero-order valence-electron chi connectivity index (χ0n) is 9.44. The van der Waals surface area contributed by atoms with Gasteiger partial charge in [0.2, 0.25) is 0 Å². The van der Waals surface area contributed by atoms with Crippen molar-refractivity contribution in [3.63, 3.8) is 0 Å². The first-order valence-corrected chi connectivity index (χ1v) is 6.85. The van der Waals surface area contributed by atoms with Gasteiger partial charge in [-0.05, 0) is 37.7 Å². The molecule has 0 radical (unpaired) electrons. The molecule has 0 bridgehead atoms. The highest BCUT2D eigenvalue weighted by Crippen LogP contribution is 2.21. The van der Waals surface area contributed by atoms with E-state index in [2.05, 4.69) is 20.1 Å². The fourth-order valence-electron chi connectivity index (χ4n) is 1.58. The van der Waals surface area contributed by atoms with E-state index in [-0.39, 0.29) is 5.54 Å². The average Bonchev–Trinajstić information content (AvgIpc) is 2.15. The van der Waals surface area contributed by atoms with Crippen LogP contribution in [0.15, 0.2) is 0 Å². The smallest absolute Gasteiger partial charge is 0.0152 e. The van der Waals surface area contributed by atoms with Gasteiger partial charge in [0.05, 0.1) is 0 Å². The normalized spacial score (nSPS) is 15.7. The van der Waals surface area contributed by atoms with Gasteiger partial charge in [-0.1, -0.05) is 26.7 Å². The summed E-state index contributed by atoms with van der Waals surface area (Å²) >= 11 is 1.92. The number of rotatable bonds is 8. The Morgan fingerprint density at radius 3 is 2.23 bits per heavy atom. The number of hydrogen-bond acceptors (Lipinski definition) is 2. The minimum Gasteiger partial charge on any atom is -0.325 e. The van der Waals surface area contributed by atoms with Crippen LogP contribution in [-0.4, -0.2) is 17.5 Å². The quantitative estimate of drug-likeness (QED) is 0.612. The maximum absolute atomic E-state index is 6.31. The fourth-order valence-corrected chi connectivity index (χ4v) is 2.01. The van der Waals surface area contributed by atoms with Crippen molar-refractivity contribution in [2.45, 2.75) is 57.9 Å². The summed E-state index contributed by atoms with van der Waals surface area (Å²) < 4.78 is 0. The summed E-state index contributed by atoms with van der Waals surface area (Å²) in [4.78, 5) is 0. The third-order valence-corrected chi connectivity index (χ3v) is 3.45. The zero-order valence-corrected chi connectivity index (χ0v) is 10.3. The van der Waals surface area contributed by atoms with Crippen molar-refractivity contribution in [1.82, 2.24) is 0 Å². The standard InChI is InChI=1S/C11H25NS/c1-4-6-8-11(12,5-2)9-7-10-13-3/h4-10,12H2,1-3H3. The molecule has 0 saturated carbocycles. The molecule has 0 aliphatic heterocycles. The molecule has 1 nitrogen and oxygen atoms in total. The molecule has 0 fully saturated rings. The molecule has 2 heteroatoms. The summed E-state index contributed by atoms with van der Waals surface area (Å²) in [6, 6.07) is 0. The molecule has 0 aromatic rings. The van der Waals surface area contributed by atoms with E-state index in [0.29, 0.717) is 0 Å². The number of unbranched alkanes of at least 4 members (excludes halogenated alkanes) is 1. The van der Waals surface area contributed by atoms with E-state index in [9.17, 15) is 0 Å². The molecular formula is C11H25NS. The van der Waals surface area contributed by atoms with Gasteiger partial charge in [0.25, 0.3) is 0 Å². The first kappa shape index (κ1) is 13.3. The van der Waals surface area contributed by atoms with E-state index < -0.39 is 0 Å². The Balaban J connectivity index is 3.67. The van der Waals surface area contributed by atoms with Gasteiger partial charge in [-0.25, -0.2) is 0 Å². The van der Waals surface area contributed by atoms with Gasteiger partial charge in [-0.15, -0.1) is 0 Å². The first-order chi connectivity index (χ1) is 6.18. The second-order valence-electron chi connectivity index (χ2n) is 3.92. The Labute approximate surface area is 87.9 Å². The van der Waals surface area contributed by atoms with Crippen molar-refractivity contribution in [2.75, 3.05) is 12.0 Å². The van der Waals surface area contributed by atoms with Crippen LogP contribution in [0.1, 0.15) is 52.4 Å². The molecule has 2 N–H and O–H groups in total. The molecule has 80 valence electrons. The lowest BCUT2D eigenvalue weighted by Gasteiger charge is -2.28. The molecule has 0 aromatic heterocycles. The molecular weight excluding hydrogens is 178 g/mol. The van der Waals surface area contributed by atoms with Crippen LogP contribution >= 0.6 is 11.8 Å². The molecule has 13 heavy (non-hydrogen) atoms. The van der Waals surface area contributed by atoms with Crippen LogP contribution in [-0.2, 0) is 0 Å². The summed E-state index contributed by atoms with van der Waals surface area (Å²) in [5.74, 6) is 1.26. The average molecular weight is 203 g/mol. The molecule has 0 amide bonds. The van der Waals surface area contributed by atoms with Crippen LogP contribution in [0.25, 0.3) is 0 Å². The highest BCUT2D eigenvalue weighted by Gasteiger charge is 2.20. The molecule has 0 aliphatic carbocycles. The Bertz CT molecular complexity index is 117. The van der Waals surface area contributed by atoms with Crippen LogP contribution in [0, 0.1) is 0 Å². The molecule has 1 unspecified atom stereocenters. The van der Waals surface area contributed by atoms with Crippen LogP contribution in [0.5, 0.6) is 0 Å².